The number of ether oxygens (including phenoxy) is 1. The predicted molar refractivity (Wildman–Crippen MR) is 132 cm³/mol. The molecule has 8 heteroatoms. The van der Waals surface area contributed by atoms with E-state index in [9.17, 15) is 14.7 Å². The van der Waals surface area contributed by atoms with Gasteiger partial charge in [-0.05, 0) is 47.7 Å². The van der Waals surface area contributed by atoms with Gasteiger partial charge in [-0.15, -0.1) is 0 Å². The maximum Gasteiger partial charge on any atom is 0.410 e. The van der Waals surface area contributed by atoms with Crippen LogP contribution in [0.25, 0.3) is 0 Å². The largest absolute Gasteiger partial charge is 0.447 e. The SMILES string of the molecule is O=C1c2ccc(N3CCN4C(=O)OCC4C3)cc2CCN1C[C@H](O)CN1CCc2ccccc2C1. The number of fused-ring (bicyclic) bond motifs is 3. The summed E-state index contributed by atoms with van der Waals surface area (Å²) in [7, 11) is 0. The van der Waals surface area contributed by atoms with Crippen molar-refractivity contribution in [2.24, 2.45) is 0 Å². The zero-order chi connectivity index (χ0) is 23.9. The van der Waals surface area contributed by atoms with Crippen LogP contribution in [0.2, 0.25) is 0 Å². The lowest BCUT2D eigenvalue weighted by Gasteiger charge is -2.37. The first-order valence-electron chi connectivity index (χ1n) is 12.6. The molecule has 4 aliphatic heterocycles. The van der Waals surface area contributed by atoms with E-state index in [0.717, 1.165) is 55.8 Å². The Morgan fingerprint density at radius 2 is 1.77 bits per heavy atom. The van der Waals surface area contributed by atoms with Crippen molar-refractivity contribution in [3.05, 3.63) is 64.7 Å². The molecule has 8 nitrogen and oxygen atoms in total. The molecule has 0 spiro atoms. The maximum atomic E-state index is 13.2. The van der Waals surface area contributed by atoms with Crippen LogP contribution in [0.5, 0.6) is 0 Å². The second-order valence-corrected chi connectivity index (χ2v) is 10.1. The Kier molecular flexibility index (Phi) is 5.86. The molecule has 0 bridgehead atoms. The molecule has 6 rings (SSSR count). The van der Waals surface area contributed by atoms with Crippen molar-refractivity contribution in [1.29, 1.82) is 0 Å². The van der Waals surface area contributed by atoms with E-state index < -0.39 is 6.10 Å². The van der Waals surface area contributed by atoms with Crippen LogP contribution < -0.4 is 4.90 Å². The molecular formula is C27H32N4O4. The van der Waals surface area contributed by atoms with Gasteiger partial charge in [0.25, 0.3) is 5.91 Å². The molecule has 2 aromatic rings. The van der Waals surface area contributed by atoms with Gasteiger partial charge >= 0.3 is 6.09 Å². The van der Waals surface area contributed by atoms with Crippen LogP contribution in [-0.2, 0) is 24.1 Å². The molecule has 2 fully saturated rings. The normalized spacial score (nSPS) is 23.0. The number of benzene rings is 2. The third-order valence-electron chi connectivity index (χ3n) is 7.85. The number of cyclic esters (lactones) is 1. The number of hydrogen-bond acceptors (Lipinski definition) is 6. The second kappa shape index (κ2) is 9.17. The molecule has 0 radical (unpaired) electrons. The Balaban J connectivity index is 1.07. The zero-order valence-corrected chi connectivity index (χ0v) is 19.9. The number of amides is 2. The van der Waals surface area contributed by atoms with Crippen LogP contribution in [-0.4, -0.2) is 96.4 Å². The van der Waals surface area contributed by atoms with Gasteiger partial charge in [-0.25, -0.2) is 4.79 Å². The summed E-state index contributed by atoms with van der Waals surface area (Å²) in [4.78, 5) is 33.1. The lowest BCUT2D eigenvalue weighted by atomic mass is 9.97. The van der Waals surface area contributed by atoms with Crippen LogP contribution in [0.3, 0.4) is 0 Å². The molecule has 0 saturated carbocycles. The predicted octanol–water partition coefficient (Wildman–Crippen LogP) is 1.74. The van der Waals surface area contributed by atoms with Gasteiger partial charge in [0.2, 0.25) is 0 Å². The highest BCUT2D eigenvalue weighted by atomic mass is 16.6. The maximum absolute atomic E-state index is 13.2. The number of anilines is 1. The number of nitrogens with zero attached hydrogens (tertiary/aromatic N) is 4. The molecule has 1 unspecified atom stereocenters. The first-order valence-corrected chi connectivity index (χ1v) is 12.6. The molecule has 2 aromatic carbocycles. The third kappa shape index (κ3) is 4.36. The Bertz CT molecular complexity index is 1140. The minimum Gasteiger partial charge on any atom is -0.447 e. The van der Waals surface area contributed by atoms with Crippen molar-refractivity contribution in [1.82, 2.24) is 14.7 Å². The van der Waals surface area contributed by atoms with Crippen molar-refractivity contribution in [2.45, 2.75) is 31.5 Å². The number of aliphatic hydroxyl groups excluding tert-OH is 1. The van der Waals surface area contributed by atoms with Gasteiger partial charge in [0.1, 0.15) is 6.61 Å². The average molecular weight is 477 g/mol. The summed E-state index contributed by atoms with van der Waals surface area (Å²) in [5.41, 5.74) is 5.61. The van der Waals surface area contributed by atoms with Gasteiger partial charge in [-0.1, -0.05) is 24.3 Å². The molecule has 35 heavy (non-hydrogen) atoms. The van der Waals surface area contributed by atoms with E-state index in [2.05, 4.69) is 40.1 Å². The monoisotopic (exact) mass is 476 g/mol. The highest BCUT2D eigenvalue weighted by Crippen LogP contribution is 2.28. The van der Waals surface area contributed by atoms with Crippen LogP contribution >= 0.6 is 0 Å². The molecule has 4 heterocycles. The number of hydrogen-bond donors (Lipinski definition) is 1. The first-order chi connectivity index (χ1) is 17.0. The Labute approximate surface area is 205 Å². The molecule has 1 N–H and O–H groups in total. The van der Waals surface area contributed by atoms with Crippen LogP contribution in [0.4, 0.5) is 10.5 Å². The molecule has 2 saturated heterocycles. The molecule has 2 amide bonds. The van der Waals surface area contributed by atoms with Crippen LogP contribution in [0, 0.1) is 0 Å². The van der Waals surface area contributed by atoms with Gasteiger partial charge in [0.05, 0.1) is 12.1 Å². The number of β-amino-alcohol motifs (C(OH)–C–C–N with tert-alkyl or cyclic N) is 1. The van der Waals surface area contributed by atoms with Gasteiger partial charge in [0.15, 0.2) is 0 Å². The number of carbonyl (C=O) groups is 2. The minimum absolute atomic E-state index is 0.000415. The van der Waals surface area contributed by atoms with E-state index in [1.54, 1.807) is 4.90 Å². The van der Waals surface area contributed by atoms with E-state index >= 15 is 0 Å². The van der Waals surface area contributed by atoms with E-state index in [1.165, 1.54) is 11.1 Å². The van der Waals surface area contributed by atoms with Crippen LogP contribution in [0.15, 0.2) is 42.5 Å². The number of aliphatic hydroxyl groups is 1. The summed E-state index contributed by atoms with van der Waals surface area (Å²) in [6.45, 7) is 5.95. The fourth-order valence-electron chi connectivity index (χ4n) is 5.94. The first kappa shape index (κ1) is 22.4. The highest BCUT2D eigenvalue weighted by molar-refractivity contribution is 5.97. The molecular weight excluding hydrogens is 444 g/mol. The van der Waals surface area contributed by atoms with Gasteiger partial charge in [0, 0.05) is 63.6 Å². The number of carbonyl (C=O) groups excluding carboxylic acids is 2. The van der Waals surface area contributed by atoms with E-state index in [-0.39, 0.29) is 18.0 Å². The summed E-state index contributed by atoms with van der Waals surface area (Å²) >= 11 is 0. The Hall–Kier alpha value is -3.10. The summed E-state index contributed by atoms with van der Waals surface area (Å²) in [5.74, 6) is 0.000415. The number of piperazine rings is 1. The average Bonchev–Trinajstić information content (AvgIpc) is 3.25. The summed E-state index contributed by atoms with van der Waals surface area (Å²) < 4.78 is 5.18. The molecule has 184 valence electrons. The van der Waals surface area contributed by atoms with Crippen molar-refractivity contribution in [3.63, 3.8) is 0 Å². The quantitative estimate of drug-likeness (QED) is 0.709. The molecule has 0 aromatic heterocycles. The van der Waals surface area contributed by atoms with Gasteiger partial charge < -0.3 is 19.6 Å². The minimum atomic E-state index is -0.572. The summed E-state index contributed by atoms with van der Waals surface area (Å²) in [6, 6.07) is 14.6. The Morgan fingerprint density at radius 3 is 2.66 bits per heavy atom. The van der Waals surface area contributed by atoms with E-state index in [1.807, 2.05) is 17.0 Å². The Morgan fingerprint density at radius 1 is 0.943 bits per heavy atom. The summed E-state index contributed by atoms with van der Waals surface area (Å²) in [5, 5.41) is 10.8. The fraction of sp³-hybridized carbons (Fsp3) is 0.481. The van der Waals surface area contributed by atoms with E-state index in [0.29, 0.717) is 32.8 Å². The molecule has 4 aliphatic rings. The van der Waals surface area contributed by atoms with Crippen molar-refractivity contribution < 1.29 is 19.4 Å². The standard InChI is InChI=1S/C27H32N4O4/c32-24(16-28-9-7-19-3-1-2-4-21(19)14-28)17-30-10-8-20-13-22(5-6-25(20)26(30)33)29-11-12-31-23(15-29)18-35-27(31)34/h1-6,13,23-24,32H,7-12,14-18H2/t23?,24-/m1/s1. The number of rotatable bonds is 5. The topological polar surface area (TPSA) is 76.6 Å². The third-order valence-corrected chi connectivity index (χ3v) is 7.85. The lowest BCUT2D eigenvalue weighted by molar-refractivity contribution is 0.0493. The second-order valence-electron chi connectivity index (χ2n) is 10.1. The van der Waals surface area contributed by atoms with Crippen molar-refractivity contribution in [2.75, 3.05) is 57.3 Å². The molecule has 0 aliphatic carbocycles. The van der Waals surface area contributed by atoms with Crippen molar-refractivity contribution >= 4 is 17.7 Å². The highest BCUT2D eigenvalue weighted by Gasteiger charge is 2.37. The van der Waals surface area contributed by atoms with E-state index in [4.69, 9.17) is 4.74 Å². The van der Waals surface area contributed by atoms with Gasteiger partial charge in [-0.2, -0.15) is 0 Å². The van der Waals surface area contributed by atoms with Crippen molar-refractivity contribution in [3.8, 4) is 0 Å². The fourth-order valence-corrected chi connectivity index (χ4v) is 5.94. The zero-order valence-electron chi connectivity index (χ0n) is 19.9. The van der Waals surface area contributed by atoms with Crippen LogP contribution in [0.1, 0.15) is 27.0 Å². The lowest BCUT2D eigenvalue weighted by Crippen LogP contribution is -2.52. The molecule has 2 atom stereocenters. The summed E-state index contributed by atoms with van der Waals surface area (Å²) in [6.07, 6.45) is 1.00. The smallest absolute Gasteiger partial charge is 0.410 e. The van der Waals surface area contributed by atoms with Gasteiger partial charge in [-0.3, -0.25) is 14.6 Å².